The minimum absolute atomic E-state index is 0.383. The number of aromatic nitrogens is 2. The van der Waals surface area contributed by atoms with Crippen LogP contribution in [-0.2, 0) is 12.6 Å². The number of hydrogen-bond donors (Lipinski definition) is 0. The molecule has 0 saturated heterocycles. The Hall–Kier alpha value is -2.21. The Morgan fingerprint density at radius 1 is 1.13 bits per heavy atom. The van der Waals surface area contributed by atoms with Gasteiger partial charge < -0.3 is 0 Å². The second kappa shape index (κ2) is 6.12. The van der Waals surface area contributed by atoms with E-state index in [0.717, 1.165) is 27.9 Å². The monoisotopic (exact) mass is 334 g/mol. The molecule has 3 aromatic rings. The van der Waals surface area contributed by atoms with Crippen LogP contribution in [0.4, 0.5) is 13.2 Å². The van der Waals surface area contributed by atoms with Crippen LogP contribution in [0.5, 0.6) is 0 Å². The third-order valence-corrected chi connectivity index (χ3v) is 4.18. The number of aryl methyl sites for hydroxylation is 1. The van der Waals surface area contributed by atoms with Crippen LogP contribution < -0.4 is 0 Å². The highest BCUT2D eigenvalue weighted by atomic mass is 32.1. The molecule has 0 unspecified atom stereocenters. The highest BCUT2D eigenvalue weighted by Gasteiger charge is 2.30. The van der Waals surface area contributed by atoms with Crippen LogP contribution >= 0.6 is 11.3 Å². The average Bonchev–Trinajstić information content (AvgIpc) is 2.95. The van der Waals surface area contributed by atoms with Crippen molar-refractivity contribution in [2.45, 2.75) is 19.5 Å². The van der Waals surface area contributed by atoms with Gasteiger partial charge in [-0.2, -0.15) is 13.2 Å². The molecule has 2 heterocycles. The third kappa shape index (κ3) is 3.76. The van der Waals surface area contributed by atoms with Crippen LogP contribution in [0.1, 0.15) is 21.7 Å². The lowest BCUT2D eigenvalue weighted by Crippen LogP contribution is -2.05. The zero-order valence-electron chi connectivity index (χ0n) is 12.3. The lowest BCUT2D eigenvalue weighted by molar-refractivity contribution is -0.137. The number of rotatable bonds is 3. The Balaban J connectivity index is 1.82. The molecule has 118 valence electrons. The summed E-state index contributed by atoms with van der Waals surface area (Å²) in [6.07, 6.45) is -0.444. The van der Waals surface area contributed by atoms with Crippen LogP contribution in [0.15, 0.2) is 48.1 Å². The van der Waals surface area contributed by atoms with Gasteiger partial charge in [-0.3, -0.25) is 4.98 Å². The highest BCUT2D eigenvalue weighted by molar-refractivity contribution is 7.10. The lowest BCUT2D eigenvalue weighted by atomic mass is 10.1. The van der Waals surface area contributed by atoms with Crippen LogP contribution in [0.3, 0.4) is 0 Å². The van der Waals surface area contributed by atoms with Gasteiger partial charge in [0.05, 0.1) is 16.3 Å². The van der Waals surface area contributed by atoms with Crippen molar-refractivity contribution in [2.75, 3.05) is 0 Å². The first-order valence-electron chi connectivity index (χ1n) is 6.94. The minimum Gasteiger partial charge on any atom is -0.264 e. The third-order valence-electron chi connectivity index (χ3n) is 3.33. The molecule has 2 nitrogen and oxygen atoms in total. The van der Waals surface area contributed by atoms with Crippen molar-refractivity contribution >= 4 is 11.3 Å². The number of alkyl halides is 3. The predicted molar refractivity (Wildman–Crippen MR) is 84.3 cm³/mol. The zero-order valence-corrected chi connectivity index (χ0v) is 13.1. The first-order chi connectivity index (χ1) is 10.9. The molecule has 0 aliphatic heterocycles. The van der Waals surface area contributed by atoms with E-state index in [4.69, 9.17) is 0 Å². The van der Waals surface area contributed by atoms with E-state index < -0.39 is 11.7 Å². The van der Waals surface area contributed by atoms with E-state index in [0.29, 0.717) is 12.0 Å². The number of thiazole rings is 1. The van der Waals surface area contributed by atoms with Crippen molar-refractivity contribution in [1.82, 2.24) is 9.97 Å². The molecule has 3 rings (SSSR count). The van der Waals surface area contributed by atoms with Gasteiger partial charge in [-0.25, -0.2) is 4.98 Å². The van der Waals surface area contributed by atoms with Gasteiger partial charge in [-0.05, 0) is 30.2 Å². The quantitative estimate of drug-likeness (QED) is 0.664. The van der Waals surface area contributed by atoms with Gasteiger partial charge in [0.15, 0.2) is 0 Å². The van der Waals surface area contributed by atoms with Gasteiger partial charge in [-0.1, -0.05) is 18.2 Å². The van der Waals surface area contributed by atoms with Gasteiger partial charge in [0.1, 0.15) is 0 Å². The number of nitrogens with zero attached hydrogens (tertiary/aromatic N) is 2. The Kier molecular flexibility index (Phi) is 4.17. The molecule has 0 aliphatic carbocycles. The fourth-order valence-electron chi connectivity index (χ4n) is 2.25. The van der Waals surface area contributed by atoms with Gasteiger partial charge in [-0.15, -0.1) is 11.3 Å². The smallest absolute Gasteiger partial charge is 0.264 e. The molecule has 0 amide bonds. The second-order valence-electron chi connectivity index (χ2n) is 5.25. The summed E-state index contributed by atoms with van der Waals surface area (Å²) in [5, 5.41) is 2.68. The predicted octanol–water partition coefficient (Wildman–Crippen LogP) is 5.12. The van der Waals surface area contributed by atoms with Crippen LogP contribution in [0.25, 0.3) is 11.3 Å². The highest BCUT2D eigenvalue weighted by Crippen LogP contribution is 2.30. The summed E-state index contributed by atoms with van der Waals surface area (Å²) in [4.78, 5) is 8.64. The standard InChI is InChI=1S/C17H13F3N2S/c1-11-5-13(9-21-8-11)15-10-23-16(22-15)7-12-3-2-4-14(6-12)17(18,19)20/h2-6,8-10H,7H2,1H3. The number of hydrogen-bond acceptors (Lipinski definition) is 3. The van der Waals surface area contributed by atoms with Crippen molar-refractivity contribution in [2.24, 2.45) is 0 Å². The Labute approximate surface area is 135 Å². The lowest BCUT2D eigenvalue weighted by Gasteiger charge is -2.07. The summed E-state index contributed by atoms with van der Waals surface area (Å²) >= 11 is 1.44. The van der Waals surface area contributed by atoms with Gasteiger partial charge in [0.25, 0.3) is 0 Å². The van der Waals surface area contributed by atoms with Crippen molar-refractivity contribution < 1.29 is 13.2 Å². The first kappa shape index (κ1) is 15.7. The Morgan fingerprint density at radius 2 is 1.96 bits per heavy atom. The maximum absolute atomic E-state index is 12.7. The summed E-state index contributed by atoms with van der Waals surface area (Å²) in [6, 6.07) is 7.35. The normalized spacial score (nSPS) is 11.7. The summed E-state index contributed by atoms with van der Waals surface area (Å²) in [5.74, 6) is 0. The average molecular weight is 334 g/mol. The number of benzene rings is 1. The summed E-state index contributed by atoms with van der Waals surface area (Å²) in [6.45, 7) is 1.95. The molecule has 0 aliphatic rings. The fourth-order valence-corrected chi connectivity index (χ4v) is 3.09. The number of halogens is 3. The molecule has 0 fully saturated rings. The Bertz CT molecular complexity index is 824. The van der Waals surface area contributed by atoms with Gasteiger partial charge >= 0.3 is 6.18 Å². The Morgan fingerprint density at radius 3 is 2.70 bits per heavy atom. The van der Waals surface area contributed by atoms with E-state index in [1.54, 1.807) is 18.5 Å². The van der Waals surface area contributed by atoms with Crippen molar-refractivity contribution in [3.8, 4) is 11.3 Å². The van der Waals surface area contributed by atoms with E-state index >= 15 is 0 Å². The second-order valence-corrected chi connectivity index (χ2v) is 6.20. The summed E-state index contributed by atoms with van der Waals surface area (Å²) in [7, 11) is 0. The molecular weight excluding hydrogens is 321 g/mol. The van der Waals surface area contributed by atoms with Crippen molar-refractivity contribution in [1.29, 1.82) is 0 Å². The van der Waals surface area contributed by atoms with E-state index in [2.05, 4.69) is 9.97 Å². The molecule has 23 heavy (non-hydrogen) atoms. The van der Waals surface area contributed by atoms with Crippen LogP contribution in [0, 0.1) is 6.92 Å². The molecule has 1 aromatic carbocycles. The van der Waals surface area contributed by atoms with Gasteiger partial charge in [0, 0.05) is 29.8 Å². The molecule has 0 N–H and O–H groups in total. The fraction of sp³-hybridized carbons (Fsp3) is 0.176. The maximum Gasteiger partial charge on any atom is 0.416 e. The van der Waals surface area contributed by atoms with E-state index in [1.165, 1.54) is 23.5 Å². The van der Waals surface area contributed by atoms with Gasteiger partial charge in [0.2, 0.25) is 0 Å². The van der Waals surface area contributed by atoms with Crippen molar-refractivity contribution in [3.63, 3.8) is 0 Å². The molecular formula is C17H13F3N2S. The SMILES string of the molecule is Cc1cncc(-c2csc(Cc3cccc(C(F)(F)F)c3)n2)c1. The molecule has 0 spiro atoms. The summed E-state index contributed by atoms with van der Waals surface area (Å²) in [5.41, 5.74) is 2.72. The zero-order chi connectivity index (χ0) is 16.4. The van der Waals surface area contributed by atoms with E-state index in [-0.39, 0.29) is 0 Å². The maximum atomic E-state index is 12.7. The van der Waals surface area contributed by atoms with Crippen LogP contribution in [-0.4, -0.2) is 9.97 Å². The molecule has 2 aromatic heterocycles. The largest absolute Gasteiger partial charge is 0.416 e. The topological polar surface area (TPSA) is 25.8 Å². The summed E-state index contributed by atoms with van der Waals surface area (Å²) < 4.78 is 38.2. The molecule has 0 saturated carbocycles. The molecule has 6 heteroatoms. The number of pyridine rings is 1. The molecule has 0 bridgehead atoms. The van der Waals surface area contributed by atoms with Crippen molar-refractivity contribution in [3.05, 3.63) is 69.8 Å². The molecule has 0 atom stereocenters. The van der Waals surface area contributed by atoms with Crippen LogP contribution in [0.2, 0.25) is 0 Å². The van der Waals surface area contributed by atoms with E-state index in [9.17, 15) is 13.2 Å². The van der Waals surface area contributed by atoms with E-state index in [1.807, 2.05) is 18.4 Å². The first-order valence-corrected chi connectivity index (χ1v) is 7.82. The molecule has 0 radical (unpaired) electrons. The minimum atomic E-state index is -4.32.